The number of hydrogen-bond donors (Lipinski definition) is 0. The molecular formula is C12H26N2O5S2. The Morgan fingerprint density at radius 2 is 1.81 bits per heavy atom. The third-order valence-corrected chi connectivity index (χ3v) is 7.69. The fraction of sp³-hybridized carbons (Fsp3) is 1.00. The zero-order valence-electron chi connectivity index (χ0n) is 13.1. The third-order valence-electron chi connectivity index (χ3n) is 3.85. The monoisotopic (exact) mass is 342 g/mol. The summed E-state index contributed by atoms with van der Waals surface area (Å²) in [5.74, 6) is -0.141. The lowest BCUT2D eigenvalue weighted by Gasteiger charge is -2.35. The molecule has 1 heterocycles. The second kappa shape index (κ2) is 7.36. The smallest absolute Gasteiger partial charge is 0.214 e. The summed E-state index contributed by atoms with van der Waals surface area (Å²) in [6, 6.07) is 0. The van der Waals surface area contributed by atoms with Crippen molar-refractivity contribution in [2.75, 3.05) is 45.8 Å². The van der Waals surface area contributed by atoms with Crippen molar-refractivity contribution in [3.63, 3.8) is 0 Å². The molecule has 1 rings (SSSR count). The van der Waals surface area contributed by atoms with E-state index < -0.39 is 20.0 Å². The molecule has 1 aliphatic rings. The number of piperidine rings is 1. The Balaban J connectivity index is 2.55. The van der Waals surface area contributed by atoms with Crippen LogP contribution in [0.3, 0.4) is 0 Å². The largest absolute Gasteiger partial charge is 0.381 e. The summed E-state index contributed by atoms with van der Waals surface area (Å²) in [5.41, 5.74) is 0. The van der Waals surface area contributed by atoms with Gasteiger partial charge in [0.2, 0.25) is 20.0 Å². The molecule has 0 N–H and O–H groups in total. The first-order chi connectivity index (χ1) is 9.60. The lowest BCUT2D eigenvalue weighted by atomic mass is 9.98. The van der Waals surface area contributed by atoms with Gasteiger partial charge in [-0.2, -0.15) is 0 Å². The minimum Gasteiger partial charge on any atom is -0.381 e. The van der Waals surface area contributed by atoms with Crippen LogP contribution in [-0.4, -0.2) is 77.4 Å². The molecule has 2 unspecified atom stereocenters. The maximum atomic E-state index is 12.3. The summed E-state index contributed by atoms with van der Waals surface area (Å²) in [6.07, 6.45) is 0.875. The van der Waals surface area contributed by atoms with Gasteiger partial charge in [0.25, 0.3) is 0 Å². The maximum absolute atomic E-state index is 12.3. The summed E-state index contributed by atoms with van der Waals surface area (Å²) < 4.78 is 55.7. The van der Waals surface area contributed by atoms with E-state index in [0.717, 1.165) is 4.31 Å². The molecular weight excluding hydrogens is 316 g/mol. The zero-order chi connectivity index (χ0) is 16.3. The minimum atomic E-state index is -3.40. The van der Waals surface area contributed by atoms with Crippen LogP contribution in [0.5, 0.6) is 0 Å². The quantitative estimate of drug-likeness (QED) is 0.648. The normalized spacial score (nSPS) is 25.4. The highest BCUT2D eigenvalue weighted by Crippen LogP contribution is 2.22. The Morgan fingerprint density at radius 3 is 2.29 bits per heavy atom. The van der Waals surface area contributed by atoms with Crippen molar-refractivity contribution in [3.8, 4) is 0 Å². The van der Waals surface area contributed by atoms with Crippen molar-refractivity contribution in [1.29, 1.82) is 0 Å². The molecule has 1 aliphatic heterocycles. The van der Waals surface area contributed by atoms with Crippen molar-refractivity contribution in [1.82, 2.24) is 8.61 Å². The van der Waals surface area contributed by atoms with Crippen molar-refractivity contribution in [3.05, 3.63) is 0 Å². The van der Waals surface area contributed by atoms with Crippen LogP contribution in [0.4, 0.5) is 0 Å². The summed E-state index contributed by atoms with van der Waals surface area (Å²) in [6.45, 7) is 2.83. The van der Waals surface area contributed by atoms with Gasteiger partial charge in [-0.3, -0.25) is 0 Å². The molecule has 0 bridgehead atoms. The lowest BCUT2D eigenvalue weighted by Crippen LogP contribution is -2.46. The van der Waals surface area contributed by atoms with E-state index in [1.807, 2.05) is 6.92 Å². The second-order valence-electron chi connectivity index (χ2n) is 5.67. The Hall–Kier alpha value is -0.220. The average Bonchev–Trinajstić information content (AvgIpc) is 2.37. The van der Waals surface area contributed by atoms with Crippen molar-refractivity contribution in [2.24, 2.45) is 5.92 Å². The average molecular weight is 342 g/mol. The van der Waals surface area contributed by atoms with Gasteiger partial charge < -0.3 is 4.74 Å². The molecule has 7 nitrogen and oxygen atoms in total. The van der Waals surface area contributed by atoms with E-state index in [-0.39, 0.29) is 29.9 Å². The Morgan fingerprint density at radius 1 is 1.19 bits per heavy atom. The molecule has 0 saturated carbocycles. The van der Waals surface area contributed by atoms with Gasteiger partial charge in [0.1, 0.15) is 0 Å². The summed E-state index contributed by atoms with van der Waals surface area (Å²) >= 11 is 0. The lowest BCUT2D eigenvalue weighted by molar-refractivity contribution is 0.0201. The predicted molar refractivity (Wildman–Crippen MR) is 82.0 cm³/mol. The predicted octanol–water partition coefficient (Wildman–Crippen LogP) is -0.0455. The number of nitrogens with zero attached hydrogens (tertiary/aromatic N) is 2. The van der Waals surface area contributed by atoms with Crippen LogP contribution in [0, 0.1) is 5.92 Å². The molecule has 0 spiro atoms. The number of rotatable bonds is 7. The van der Waals surface area contributed by atoms with E-state index in [1.165, 1.54) is 18.4 Å². The molecule has 1 fully saturated rings. The first kappa shape index (κ1) is 18.8. The van der Waals surface area contributed by atoms with Gasteiger partial charge in [-0.05, 0) is 18.8 Å². The molecule has 0 aromatic rings. The third kappa shape index (κ3) is 5.17. The van der Waals surface area contributed by atoms with Crippen LogP contribution in [0.1, 0.15) is 19.8 Å². The van der Waals surface area contributed by atoms with Crippen LogP contribution < -0.4 is 0 Å². The zero-order valence-corrected chi connectivity index (χ0v) is 14.8. The van der Waals surface area contributed by atoms with Gasteiger partial charge in [0.15, 0.2) is 0 Å². The molecule has 2 atom stereocenters. The summed E-state index contributed by atoms with van der Waals surface area (Å²) in [4.78, 5) is 0. The first-order valence-electron chi connectivity index (χ1n) is 7.01. The van der Waals surface area contributed by atoms with Gasteiger partial charge in [0, 0.05) is 34.3 Å². The van der Waals surface area contributed by atoms with E-state index in [4.69, 9.17) is 4.74 Å². The topological polar surface area (TPSA) is 84.0 Å². The fourth-order valence-electron chi connectivity index (χ4n) is 2.42. The van der Waals surface area contributed by atoms with Gasteiger partial charge in [-0.25, -0.2) is 25.4 Å². The summed E-state index contributed by atoms with van der Waals surface area (Å²) in [5, 5.41) is 0. The highest BCUT2D eigenvalue weighted by atomic mass is 32.2. The molecule has 0 aromatic heterocycles. The molecule has 0 aromatic carbocycles. The standard InChI is InChI=1S/C12H26N2O5S2/c1-11-10-14(7-6-12(11)19-4)21(17,18)9-5-8-20(15,16)13(2)3/h11-12H,5-10H2,1-4H3. The van der Waals surface area contributed by atoms with E-state index in [2.05, 4.69) is 0 Å². The molecule has 0 amide bonds. The second-order valence-corrected chi connectivity index (χ2v) is 10.1. The van der Waals surface area contributed by atoms with Gasteiger partial charge in [0.05, 0.1) is 17.6 Å². The number of hydrogen-bond acceptors (Lipinski definition) is 5. The van der Waals surface area contributed by atoms with E-state index in [9.17, 15) is 16.8 Å². The van der Waals surface area contributed by atoms with Crippen molar-refractivity contribution < 1.29 is 21.6 Å². The van der Waals surface area contributed by atoms with Gasteiger partial charge in [-0.1, -0.05) is 6.92 Å². The SMILES string of the molecule is COC1CCN(S(=O)(=O)CCCS(=O)(=O)N(C)C)CC1C. The van der Waals surface area contributed by atoms with Gasteiger partial charge in [-0.15, -0.1) is 0 Å². The number of sulfonamides is 2. The highest BCUT2D eigenvalue weighted by Gasteiger charge is 2.32. The van der Waals surface area contributed by atoms with Crippen LogP contribution in [0.25, 0.3) is 0 Å². The van der Waals surface area contributed by atoms with Crippen LogP contribution in [0.15, 0.2) is 0 Å². The molecule has 21 heavy (non-hydrogen) atoms. The fourth-order valence-corrected chi connectivity index (χ4v) is 5.09. The van der Waals surface area contributed by atoms with Crippen LogP contribution in [-0.2, 0) is 24.8 Å². The van der Waals surface area contributed by atoms with Crippen LogP contribution in [0.2, 0.25) is 0 Å². The van der Waals surface area contributed by atoms with Crippen molar-refractivity contribution in [2.45, 2.75) is 25.9 Å². The van der Waals surface area contributed by atoms with E-state index >= 15 is 0 Å². The molecule has 0 aliphatic carbocycles. The minimum absolute atomic E-state index is 0.0885. The maximum Gasteiger partial charge on any atom is 0.214 e. The molecule has 0 radical (unpaired) electrons. The van der Waals surface area contributed by atoms with E-state index in [0.29, 0.717) is 19.5 Å². The van der Waals surface area contributed by atoms with Gasteiger partial charge >= 0.3 is 0 Å². The molecule has 1 saturated heterocycles. The molecule has 126 valence electrons. The van der Waals surface area contributed by atoms with Crippen molar-refractivity contribution >= 4 is 20.0 Å². The first-order valence-corrected chi connectivity index (χ1v) is 10.2. The number of ether oxygens (including phenoxy) is 1. The van der Waals surface area contributed by atoms with E-state index in [1.54, 1.807) is 7.11 Å². The molecule has 9 heteroatoms. The summed E-state index contributed by atoms with van der Waals surface area (Å²) in [7, 11) is -2.22. The van der Waals surface area contributed by atoms with Crippen LogP contribution >= 0.6 is 0 Å². The number of methoxy groups -OCH3 is 1. The highest BCUT2D eigenvalue weighted by molar-refractivity contribution is 7.90. The Bertz CT molecular complexity index is 530. The Labute approximate surface area is 128 Å². The Kier molecular flexibility index (Phi) is 6.60.